The Balaban J connectivity index is 4.59. The van der Waals surface area contributed by atoms with E-state index in [-0.39, 0.29) is 18.7 Å². The summed E-state index contributed by atoms with van der Waals surface area (Å²) in [6, 6.07) is -0.540. The summed E-state index contributed by atoms with van der Waals surface area (Å²) in [4.78, 5) is 25.0. The van der Waals surface area contributed by atoms with E-state index in [9.17, 15) is 9.59 Å². The zero-order chi connectivity index (χ0) is 12.7. The van der Waals surface area contributed by atoms with Crippen LogP contribution in [0.2, 0.25) is 0 Å². The zero-order valence-electron chi connectivity index (χ0n) is 10.3. The maximum Gasteiger partial charge on any atom is 0.330 e. The number of hydrogen-bond donors (Lipinski definition) is 1. The number of amides is 3. The van der Waals surface area contributed by atoms with E-state index in [0.29, 0.717) is 12.8 Å². The van der Waals surface area contributed by atoms with Gasteiger partial charge in [-0.05, 0) is 27.2 Å². The average Bonchev–Trinajstić information content (AvgIpc) is 2.18. The van der Waals surface area contributed by atoms with Crippen molar-refractivity contribution in [2.24, 2.45) is 0 Å². The third-order valence-corrected chi connectivity index (χ3v) is 2.11. The Bertz CT molecular complexity index is 274. The molecule has 0 bridgehead atoms. The second kappa shape index (κ2) is 7.00. The maximum absolute atomic E-state index is 11.8. The molecule has 0 aromatic heterocycles. The summed E-state index contributed by atoms with van der Waals surface area (Å²) in [6.45, 7) is 5.40. The molecule has 0 spiro atoms. The molecule has 0 aliphatic heterocycles. The van der Waals surface area contributed by atoms with E-state index in [1.807, 2.05) is 6.92 Å². The van der Waals surface area contributed by atoms with E-state index in [2.05, 4.69) is 0 Å². The van der Waals surface area contributed by atoms with Crippen molar-refractivity contribution in [1.82, 2.24) is 9.80 Å². The van der Waals surface area contributed by atoms with E-state index in [0.717, 1.165) is 10.5 Å². The van der Waals surface area contributed by atoms with Crippen LogP contribution in [-0.4, -0.2) is 47.0 Å². The molecule has 0 saturated heterocycles. The van der Waals surface area contributed by atoms with Gasteiger partial charge in [0.25, 0.3) is 0 Å². The summed E-state index contributed by atoms with van der Waals surface area (Å²) in [5.41, 5.74) is 0.882. The fourth-order valence-corrected chi connectivity index (χ4v) is 1.20. The van der Waals surface area contributed by atoms with Crippen LogP contribution >= 0.6 is 0 Å². The first-order chi connectivity index (χ1) is 7.43. The molecule has 0 aromatic rings. The monoisotopic (exact) mass is 228 g/mol. The van der Waals surface area contributed by atoms with Gasteiger partial charge in [-0.15, -0.1) is 0 Å². The molecule has 0 aliphatic rings. The molecule has 0 rings (SSSR count). The largest absolute Gasteiger partial charge is 0.396 e. The second-order valence-corrected chi connectivity index (χ2v) is 3.95. The Morgan fingerprint density at radius 3 is 2.38 bits per heavy atom. The summed E-state index contributed by atoms with van der Waals surface area (Å²) in [6.07, 6.45) is 2.66. The molecule has 0 aromatic carbocycles. The van der Waals surface area contributed by atoms with Crippen LogP contribution in [0.5, 0.6) is 0 Å². The fraction of sp³-hybridized carbons (Fsp3) is 0.636. The number of rotatable bonds is 5. The highest BCUT2D eigenvalue weighted by Crippen LogP contribution is 2.05. The first-order valence-corrected chi connectivity index (χ1v) is 5.22. The van der Waals surface area contributed by atoms with E-state index < -0.39 is 0 Å². The van der Waals surface area contributed by atoms with Gasteiger partial charge in [0, 0.05) is 25.9 Å². The minimum absolute atomic E-state index is 0.0476. The van der Waals surface area contributed by atoms with Gasteiger partial charge in [0.15, 0.2) is 0 Å². The predicted molar refractivity (Wildman–Crippen MR) is 61.7 cm³/mol. The lowest BCUT2D eigenvalue weighted by atomic mass is 10.2. The van der Waals surface area contributed by atoms with Crippen LogP contribution < -0.4 is 0 Å². The van der Waals surface area contributed by atoms with Crippen molar-refractivity contribution in [2.75, 3.05) is 13.7 Å². The van der Waals surface area contributed by atoms with Gasteiger partial charge in [-0.3, -0.25) is 9.69 Å². The van der Waals surface area contributed by atoms with Crippen molar-refractivity contribution in [3.63, 3.8) is 0 Å². The number of carbonyl (C=O) groups excluding carboxylic acids is 2. The molecule has 1 N–H and O–H groups in total. The number of urea groups is 1. The molecular formula is C11H20N2O3. The Morgan fingerprint density at radius 1 is 1.44 bits per heavy atom. The first kappa shape index (κ1) is 14.6. The van der Waals surface area contributed by atoms with Crippen LogP contribution in [0, 0.1) is 0 Å². The second-order valence-electron chi connectivity index (χ2n) is 3.95. The summed E-state index contributed by atoms with van der Waals surface area (Å²) in [7, 11) is 1.59. The van der Waals surface area contributed by atoms with E-state index in [1.165, 1.54) is 4.90 Å². The quantitative estimate of drug-likeness (QED) is 0.719. The Labute approximate surface area is 96.3 Å². The van der Waals surface area contributed by atoms with Crippen molar-refractivity contribution in [2.45, 2.75) is 33.2 Å². The molecule has 0 heterocycles. The molecule has 5 heteroatoms. The number of aliphatic hydroxyl groups excluding tert-OH is 1. The van der Waals surface area contributed by atoms with Crippen LogP contribution in [0.3, 0.4) is 0 Å². The summed E-state index contributed by atoms with van der Waals surface area (Å²) < 4.78 is 0. The Hall–Kier alpha value is -1.36. The first-order valence-electron chi connectivity index (χ1n) is 5.22. The molecule has 0 saturated carbocycles. The summed E-state index contributed by atoms with van der Waals surface area (Å²) in [5, 5.41) is 8.72. The van der Waals surface area contributed by atoms with Gasteiger partial charge in [-0.2, -0.15) is 0 Å². The van der Waals surface area contributed by atoms with Crippen molar-refractivity contribution in [3.05, 3.63) is 11.8 Å². The van der Waals surface area contributed by atoms with Crippen LogP contribution in [0.1, 0.15) is 27.2 Å². The standard InChI is InChI=1S/C11H20N2O3/c1-9(2)13(8-15)11(16)12(4)7-10(3)5-6-14/h7-9,14H,5-6H2,1-4H3/b10-7+. The van der Waals surface area contributed by atoms with Crippen LogP contribution in [0.25, 0.3) is 0 Å². The van der Waals surface area contributed by atoms with Gasteiger partial charge in [0.05, 0.1) is 0 Å². The zero-order valence-corrected chi connectivity index (χ0v) is 10.3. The lowest BCUT2D eigenvalue weighted by molar-refractivity contribution is -0.117. The van der Waals surface area contributed by atoms with Crippen molar-refractivity contribution < 1.29 is 14.7 Å². The Kier molecular flexibility index (Phi) is 6.41. The highest BCUT2D eigenvalue weighted by molar-refractivity contribution is 5.85. The Morgan fingerprint density at radius 2 is 2.00 bits per heavy atom. The van der Waals surface area contributed by atoms with Crippen LogP contribution in [-0.2, 0) is 4.79 Å². The average molecular weight is 228 g/mol. The van der Waals surface area contributed by atoms with Crippen molar-refractivity contribution in [1.29, 1.82) is 0 Å². The molecule has 5 nitrogen and oxygen atoms in total. The van der Waals surface area contributed by atoms with Crippen LogP contribution in [0.4, 0.5) is 4.79 Å². The highest BCUT2D eigenvalue weighted by Gasteiger charge is 2.18. The number of aliphatic hydroxyl groups is 1. The number of imide groups is 1. The minimum Gasteiger partial charge on any atom is -0.396 e. The maximum atomic E-state index is 11.8. The summed E-state index contributed by atoms with van der Waals surface area (Å²) in [5.74, 6) is 0. The SMILES string of the molecule is C/C(=C\N(C)C(=O)N(C=O)C(C)C)CCO. The van der Waals surface area contributed by atoms with Gasteiger partial charge in [-0.1, -0.05) is 5.57 Å². The topological polar surface area (TPSA) is 60.9 Å². The van der Waals surface area contributed by atoms with Crippen molar-refractivity contribution >= 4 is 12.4 Å². The molecule has 3 amide bonds. The lowest BCUT2D eigenvalue weighted by Gasteiger charge is -2.24. The van der Waals surface area contributed by atoms with Gasteiger partial charge < -0.3 is 10.0 Å². The molecule has 92 valence electrons. The van der Waals surface area contributed by atoms with E-state index in [4.69, 9.17) is 5.11 Å². The fourth-order valence-electron chi connectivity index (χ4n) is 1.20. The van der Waals surface area contributed by atoms with Gasteiger partial charge >= 0.3 is 6.03 Å². The van der Waals surface area contributed by atoms with Crippen LogP contribution in [0.15, 0.2) is 11.8 Å². The molecule has 0 fully saturated rings. The third kappa shape index (κ3) is 4.44. The molecule has 0 radical (unpaired) electrons. The van der Waals surface area contributed by atoms with Gasteiger partial charge in [0.2, 0.25) is 6.41 Å². The van der Waals surface area contributed by atoms with Crippen molar-refractivity contribution in [3.8, 4) is 0 Å². The predicted octanol–water partition coefficient (Wildman–Crippen LogP) is 1.19. The van der Waals surface area contributed by atoms with E-state index in [1.54, 1.807) is 27.1 Å². The normalized spacial score (nSPS) is 11.5. The number of nitrogens with zero attached hydrogens (tertiary/aromatic N) is 2. The number of hydrogen-bond acceptors (Lipinski definition) is 3. The minimum atomic E-state index is -0.373. The lowest BCUT2D eigenvalue weighted by Crippen LogP contribution is -2.42. The smallest absolute Gasteiger partial charge is 0.330 e. The summed E-state index contributed by atoms with van der Waals surface area (Å²) >= 11 is 0. The third-order valence-electron chi connectivity index (χ3n) is 2.11. The molecule has 0 atom stereocenters. The number of carbonyl (C=O) groups is 2. The highest BCUT2D eigenvalue weighted by atomic mass is 16.3. The molecule has 0 unspecified atom stereocenters. The van der Waals surface area contributed by atoms with Gasteiger partial charge in [-0.25, -0.2) is 4.79 Å². The van der Waals surface area contributed by atoms with E-state index >= 15 is 0 Å². The molecular weight excluding hydrogens is 208 g/mol. The molecule has 16 heavy (non-hydrogen) atoms. The van der Waals surface area contributed by atoms with Gasteiger partial charge in [0.1, 0.15) is 0 Å². The molecule has 0 aliphatic carbocycles.